The zero-order valence-corrected chi connectivity index (χ0v) is 16.2. The van der Waals surface area contributed by atoms with E-state index in [0.29, 0.717) is 18.2 Å². The van der Waals surface area contributed by atoms with Gasteiger partial charge in [-0.25, -0.2) is 4.98 Å². The van der Waals surface area contributed by atoms with Gasteiger partial charge in [0.25, 0.3) is 0 Å². The molecule has 1 fully saturated rings. The van der Waals surface area contributed by atoms with Gasteiger partial charge in [-0.1, -0.05) is 11.6 Å². The lowest BCUT2D eigenvalue weighted by molar-refractivity contribution is 0.0987. The second-order valence-corrected chi connectivity index (χ2v) is 7.54. The molecule has 0 aliphatic carbocycles. The molecule has 0 N–H and O–H groups in total. The van der Waals surface area contributed by atoms with E-state index in [2.05, 4.69) is 32.3 Å². The van der Waals surface area contributed by atoms with Gasteiger partial charge in [0, 0.05) is 24.0 Å². The number of nitrogens with zero attached hydrogens (tertiary/aromatic N) is 5. The summed E-state index contributed by atoms with van der Waals surface area (Å²) in [7, 11) is 0. The van der Waals surface area contributed by atoms with Gasteiger partial charge in [-0.15, -0.1) is 11.3 Å². The van der Waals surface area contributed by atoms with Gasteiger partial charge in [0.15, 0.2) is 5.82 Å². The Labute approximate surface area is 159 Å². The van der Waals surface area contributed by atoms with Crippen LogP contribution < -0.4 is 4.90 Å². The van der Waals surface area contributed by atoms with Crippen molar-refractivity contribution in [1.29, 1.82) is 0 Å². The van der Waals surface area contributed by atoms with E-state index in [1.165, 1.54) is 0 Å². The summed E-state index contributed by atoms with van der Waals surface area (Å²) in [6.45, 7) is 7.02. The smallest absolute Gasteiger partial charge is 0.224 e. The number of thiophene rings is 1. The molecular weight excluding hydrogens is 381 g/mol. The van der Waals surface area contributed by atoms with Crippen molar-refractivity contribution in [3.63, 3.8) is 0 Å². The molecule has 4 rings (SSSR count). The number of halogens is 2. The highest BCUT2D eigenvalue weighted by molar-refractivity contribution is 7.18. The Morgan fingerprint density at radius 1 is 1.36 bits per heavy atom. The second-order valence-electron chi connectivity index (χ2n) is 5.92. The quantitative estimate of drug-likeness (QED) is 0.622. The fourth-order valence-electron chi connectivity index (χ4n) is 3.15. The molecule has 1 saturated heterocycles. The third-order valence-electron chi connectivity index (χ3n) is 4.36. The lowest BCUT2D eigenvalue weighted by atomic mass is 10.2. The molecule has 0 aromatic carbocycles. The average Bonchev–Trinajstić information content (AvgIpc) is 3.17. The van der Waals surface area contributed by atoms with Crippen LogP contribution in [-0.4, -0.2) is 45.5 Å². The predicted molar refractivity (Wildman–Crippen MR) is 102 cm³/mol. The van der Waals surface area contributed by atoms with Crippen molar-refractivity contribution in [1.82, 2.24) is 19.7 Å². The summed E-state index contributed by atoms with van der Waals surface area (Å²) >= 11 is 14.3. The Morgan fingerprint density at radius 2 is 2.20 bits per heavy atom. The lowest BCUT2D eigenvalue weighted by Crippen LogP contribution is -2.44. The molecule has 1 atom stereocenters. The molecule has 1 aliphatic rings. The standard InChI is InChI=1S/C16H17Cl2N5OS/c1-3-23-13(11(17)6-19-23)10-8-25-14-12(10)20-16(18)21-15(14)22-4-5-24-7-9(22)2/h6,8-9H,3-5,7H2,1-2H3/t9-/m1/s1. The molecule has 0 radical (unpaired) electrons. The van der Waals surface area contributed by atoms with Crippen molar-refractivity contribution in [3.8, 4) is 11.3 Å². The largest absolute Gasteiger partial charge is 0.377 e. The van der Waals surface area contributed by atoms with Crippen LogP contribution in [0, 0.1) is 0 Å². The number of anilines is 1. The molecular formula is C16H17Cl2N5OS. The Hall–Kier alpha value is -1.41. The number of fused-ring (bicyclic) bond motifs is 1. The van der Waals surface area contributed by atoms with Gasteiger partial charge in [-0.3, -0.25) is 4.68 Å². The molecule has 3 aromatic rings. The summed E-state index contributed by atoms with van der Waals surface area (Å²) in [5, 5.41) is 7.23. The summed E-state index contributed by atoms with van der Waals surface area (Å²) in [6.07, 6.45) is 1.66. The zero-order chi connectivity index (χ0) is 17.6. The molecule has 25 heavy (non-hydrogen) atoms. The molecule has 1 aliphatic heterocycles. The first-order valence-electron chi connectivity index (χ1n) is 8.11. The van der Waals surface area contributed by atoms with Gasteiger partial charge in [0.05, 0.1) is 46.4 Å². The SMILES string of the molecule is CCn1ncc(Cl)c1-c1csc2c(N3CCOC[C@H]3C)nc(Cl)nc12. The normalized spacial score (nSPS) is 18.2. The van der Waals surface area contributed by atoms with Gasteiger partial charge in [0.2, 0.25) is 5.28 Å². The molecule has 4 heterocycles. The number of hydrogen-bond acceptors (Lipinski definition) is 6. The van der Waals surface area contributed by atoms with E-state index < -0.39 is 0 Å². The first-order chi connectivity index (χ1) is 12.1. The third-order valence-corrected chi connectivity index (χ3v) is 5.77. The number of morpholine rings is 1. The number of ether oxygens (including phenoxy) is 1. The maximum atomic E-state index is 6.38. The zero-order valence-electron chi connectivity index (χ0n) is 13.9. The van der Waals surface area contributed by atoms with Gasteiger partial charge >= 0.3 is 0 Å². The fraction of sp³-hybridized carbons (Fsp3) is 0.438. The molecule has 9 heteroatoms. The Morgan fingerprint density at radius 3 is 2.96 bits per heavy atom. The van der Waals surface area contributed by atoms with Gasteiger partial charge in [-0.2, -0.15) is 10.1 Å². The molecule has 3 aromatic heterocycles. The minimum Gasteiger partial charge on any atom is -0.377 e. The number of aryl methyl sites for hydroxylation is 1. The summed E-state index contributed by atoms with van der Waals surface area (Å²) in [5.74, 6) is 0.862. The van der Waals surface area contributed by atoms with Crippen LogP contribution in [0.3, 0.4) is 0 Å². The van der Waals surface area contributed by atoms with Crippen LogP contribution in [-0.2, 0) is 11.3 Å². The Balaban J connectivity index is 1.91. The van der Waals surface area contributed by atoms with Crippen LogP contribution in [0.4, 0.5) is 5.82 Å². The van der Waals surface area contributed by atoms with Crippen molar-refractivity contribution in [2.24, 2.45) is 0 Å². The van der Waals surface area contributed by atoms with Crippen LogP contribution in [0.5, 0.6) is 0 Å². The Kier molecular flexibility index (Phi) is 4.58. The highest BCUT2D eigenvalue weighted by Crippen LogP contribution is 2.40. The van der Waals surface area contributed by atoms with E-state index in [0.717, 1.165) is 40.4 Å². The molecule has 132 valence electrons. The minimum absolute atomic E-state index is 0.234. The van der Waals surface area contributed by atoms with Crippen molar-refractivity contribution in [3.05, 3.63) is 21.9 Å². The molecule has 6 nitrogen and oxygen atoms in total. The third kappa shape index (κ3) is 2.89. The number of rotatable bonds is 3. The van der Waals surface area contributed by atoms with Crippen molar-refractivity contribution >= 4 is 50.6 Å². The second kappa shape index (κ2) is 6.72. The predicted octanol–water partition coefficient (Wildman–Crippen LogP) is 4.11. The Bertz CT molecular complexity index is 925. The van der Waals surface area contributed by atoms with Crippen molar-refractivity contribution in [2.45, 2.75) is 26.4 Å². The molecule has 0 unspecified atom stereocenters. The van der Waals surface area contributed by atoms with Gasteiger partial charge < -0.3 is 9.64 Å². The summed E-state index contributed by atoms with van der Waals surface area (Å²) < 4.78 is 8.42. The monoisotopic (exact) mass is 397 g/mol. The van der Waals surface area contributed by atoms with E-state index in [1.807, 2.05) is 11.6 Å². The van der Waals surface area contributed by atoms with E-state index in [-0.39, 0.29) is 11.3 Å². The van der Waals surface area contributed by atoms with Crippen LogP contribution in [0.25, 0.3) is 21.5 Å². The van der Waals surface area contributed by atoms with E-state index in [4.69, 9.17) is 27.9 Å². The summed E-state index contributed by atoms with van der Waals surface area (Å²) in [4.78, 5) is 11.2. The van der Waals surface area contributed by atoms with Crippen molar-refractivity contribution in [2.75, 3.05) is 24.7 Å². The minimum atomic E-state index is 0.234. The van der Waals surface area contributed by atoms with Gasteiger partial charge in [0.1, 0.15) is 0 Å². The van der Waals surface area contributed by atoms with E-state index >= 15 is 0 Å². The summed E-state index contributed by atoms with van der Waals surface area (Å²) in [5.41, 5.74) is 2.62. The van der Waals surface area contributed by atoms with Crippen LogP contribution in [0.15, 0.2) is 11.6 Å². The maximum absolute atomic E-state index is 6.38. The van der Waals surface area contributed by atoms with Gasteiger partial charge in [-0.05, 0) is 25.4 Å². The topological polar surface area (TPSA) is 56.1 Å². The van der Waals surface area contributed by atoms with Crippen LogP contribution >= 0.6 is 34.5 Å². The lowest BCUT2D eigenvalue weighted by Gasteiger charge is -2.34. The highest BCUT2D eigenvalue weighted by Gasteiger charge is 2.26. The first kappa shape index (κ1) is 17.0. The van der Waals surface area contributed by atoms with Crippen LogP contribution in [0.1, 0.15) is 13.8 Å². The highest BCUT2D eigenvalue weighted by atomic mass is 35.5. The molecule has 0 saturated carbocycles. The number of hydrogen-bond donors (Lipinski definition) is 0. The average molecular weight is 398 g/mol. The van der Waals surface area contributed by atoms with E-state index in [1.54, 1.807) is 17.5 Å². The fourth-order valence-corrected chi connectivity index (χ4v) is 4.55. The van der Waals surface area contributed by atoms with E-state index in [9.17, 15) is 0 Å². The van der Waals surface area contributed by atoms with Crippen molar-refractivity contribution < 1.29 is 4.74 Å². The first-order valence-corrected chi connectivity index (χ1v) is 9.74. The number of aromatic nitrogens is 4. The molecule has 0 bridgehead atoms. The summed E-state index contributed by atoms with van der Waals surface area (Å²) in [6, 6.07) is 0.234. The maximum Gasteiger partial charge on any atom is 0.224 e. The van der Waals surface area contributed by atoms with Crippen LogP contribution in [0.2, 0.25) is 10.3 Å². The molecule has 0 amide bonds. The molecule has 0 spiro atoms.